The van der Waals surface area contributed by atoms with E-state index in [2.05, 4.69) is 9.97 Å². The zero-order chi connectivity index (χ0) is 10.8. The smallest absolute Gasteiger partial charge is 0.229 e. The van der Waals surface area contributed by atoms with Crippen molar-refractivity contribution in [2.75, 3.05) is 18.6 Å². The van der Waals surface area contributed by atoms with E-state index in [0.29, 0.717) is 24.7 Å². The summed E-state index contributed by atoms with van der Waals surface area (Å²) >= 11 is 0. The third-order valence-electron chi connectivity index (χ3n) is 2.27. The number of methoxy groups -OCH3 is 1. The van der Waals surface area contributed by atoms with Gasteiger partial charge in [0.1, 0.15) is 12.1 Å². The molecule has 0 radical (unpaired) electrons. The van der Waals surface area contributed by atoms with Crippen molar-refractivity contribution in [3.63, 3.8) is 0 Å². The number of hydrogen-bond acceptors (Lipinski definition) is 5. The predicted octanol–water partition coefficient (Wildman–Crippen LogP) is -0.451. The number of rotatable bonds is 2. The molecule has 2 rings (SSSR count). The molecule has 80 valence electrons. The summed E-state index contributed by atoms with van der Waals surface area (Å²) in [6, 6.07) is 1.51. The van der Waals surface area contributed by atoms with Crippen LogP contribution in [-0.2, 0) is 4.79 Å². The number of carbonyl (C=O) groups is 1. The second-order valence-electron chi connectivity index (χ2n) is 3.39. The van der Waals surface area contributed by atoms with Crippen molar-refractivity contribution in [3.05, 3.63) is 12.4 Å². The minimum atomic E-state index is -0.113. The molecule has 1 aromatic heterocycles. The zero-order valence-corrected chi connectivity index (χ0v) is 8.38. The van der Waals surface area contributed by atoms with Gasteiger partial charge in [-0.15, -0.1) is 0 Å². The van der Waals surface area contributed by atoms with Gasteiger partial charge in [0.25, 0.3) is 0 Å². The highest BCUT2D eigenvalue weighted by Crippen LogP contribution is 2.20. The van der Waals surface area contributed by atoms with Gasteiger partial charge in [-0.05, 0) is 0 Å². The lowest BCUT2D eigenvalue weighted by molar-refractivity contribution is -0.117. The highest BCUT2D eigenvalue weighted by Gasteiger charge is 2.29. The molecule has 1 unspecified atom stereocenters. The molecule has 15 heavy (non-hydrogen) atoms. The molecule has 1 aliphatic heterocycles. The first-order valence-electron chi connectivity index (χ1n) is 4.62. The Labute approximate surface area is 87.1 Å². The van der Waals surface area contributed by atoms with Crippen LogP contribution in [0.4, 0.5) is 5.82 Å². The average Bonchev–Trinajstić information content (AvgIpc) is 2.58. The van der Waals surface area contributed by atoms with Gasteiger partial charge in [0.15, 0.2) is 0 Å². The van der Waals surface area contributed by atoms with Crippen molar-refractivity contribution < 1.29 is 9.53 Å². The largest absolute Gasteiger partial charge is 0.481 e. The van der Waals surface area contributed by atoms with E-state index in [1.807, 2.05) is 0 Å². The summed E-state index contributed by atoms with van der Waals surface area (Å²) in [6.07, 6.45) is 1.73. The number of hydrogen-bond donors (Lipinski definition) is 1. The van der Waals surface area contributed by atoms with Crippen LogP contribution in [0, 0.1) is 0 Å². The first kappa shape index (κ1) is 9.85. The van der Waals surface area contributed by atoms with Gasteiger partial charge in [0.2, 0.25) is 11.8 Å². The van der Waals surface area contributed by atoms with Crippen molar-refractivity contribution in [2.24, 2.45) is 5.73 Å². The van der Waals surface area contributed by atoms with E-state index in [0.717, 1.165) is 0 Å². The number of nitrogens with zero attached hydrogens (tertiary/aromatic N) is 3. The molecule has 6 nitrogen and oxygen atoms in total. The van der Waals surface area contributed by atoms with E-state index >= 15 is 0 Å². The number of anilines is 1. The zero-order valence-electron chi connectivity index (χ0n) is 8.38. The molecule has 0 spiro atoms. The third-order valence-corrected chi connectivity index (χ3v) is 2.27. The number of carbonyl (C=O) groups excluding carboxylic acids is 1. The Morgan fingerprint density at radius 1 is 1.60 bits per heavy atom. The summed E-state index contributed by atoms with van der Waals surface area (Å²) in [5, 5.41) is 0. The summed E-state index contributed by atoms with van der Waals surface area (Å²) in [5.41, 5.74) is 5.69. The van der Waals surface area contributed by atoms with Crippen molar-refractivity contribution >= 4 is 11.7 Å². The number of ether oxygens (including phenoxy) is 1. The van der Waals surface area contributed by atoms with E-state index < -0.39 is 0 Å². The lowest BCUT2D eigenvalue weighted by Crippen LogP contribution is -2.28. The van der Waals surface area contributed by atoms with Gasteiger partial charge in [0, 0.05) is 25.1 Å². The van der Waals surface area contributed by atoms with E-state index in [9.17, 15) is 4.79 Å². The molecule has 6 heteroatoms. The molecule has 0 aliphatic carbocycles. The monoisotopic (exact) mass is 208 g/mol. The first-order chi connectivity index (χ1) is 7.20. The number of aromatic nitrogens is 2. The topological polar surface area (TPSA) is 81.3 Å². The second kappa shape index (κ2) is 3.82. The molecule has 0 saturated carbocycles. The Morgan fingerprint density at radius 2 is 2.40 bits per heavy atom. The SMILES string of the molecule is COc1cc(N2CC(N)CC2=O)ncn1. The average molecular weight is 208 g/mol. The van der Waals surface area contributed by atoms with Gasteiger partial charge in [-0.25, -0.2) is 9.97 Å². The maximum Gasteiger partial charge on any atom is 0.229 e. The first-order valence-corrected chi connectivity index (χ1v) is 4.62. The van der Waals surface area contributed by atoms with Crippen LogP contribution >= 0.6 is 0 Å². The van der Waals surface area contributed by atoms with Crippen LogP contribution in [0.2, 0.25) is 0 Å². The van der Waals surface area contributed by atoms with Crippen molar-refractivity contribution in [1.82, 2.24) is 9.97 Å². The molecule has 2 heterocycles. The molecule has 1 fully saturated rings. The maximum atomic E-state index is 11.5. The molecule has 1 saturated heterocycles. The van der Waals surface area contributed by atoms with Crippen LogP contribution in [0.1, 0.15) is 6.42 Å². The molecule has 1 aromatic rings. The lowest BCUT2D eigenvalue weighted by Gasteiger charge is -2.14. The fourth-order valence-corrected chi connectivity index (χ4v) is 1.55. The molecule has 1 amide bonds. The Kier molecular flexibility index (Phi) is 2.51. The van der Waals surface area contributed by atoms with E-state index in [4.69, 9.17) is 10.5 Å². The Bertz CT molecular complexity index is 382. The quantitative estimate of drug-likeness (QED) is 0.711. The molecule has 0 bridgehead atoms. The highest BCUT2D eigenvalue weighted by atomic mass is 16.5. The summed E-state index contributed by atoms with van der Waals surface area (Å²) in [7, 11) is 1.52. The van der Waals surface area contributed by atoms with Crippen molar-refractivity contribution in [3.8, 4) is 5.88 Å². The minimum absolute atomic E-state index is 0.0109. The van der Waals surface area contributed by atoms with Crippen molar-refractivity contribution in [2.45, 2.75) is 12.5 Å². The second-order valence-corrected chi connectivity index (χ2v) is 3.39. The van der Waals surface area contributed by atoms with Crippen LogP contribution in [0.3, 0.4) is 0 Å². The van der Waals surface area contributed by atoms with Gasteiger partial charge < -0.3 is 10.5 Å². The Morgan fingerprint density at radius 3 is 3.00 bits per heavy atom. The highest BCUT2D eigenvalue weighted by molar-refractivity contribution is 5.95. The standard InChI is InChI=1S/C9H12N4O2/c1-15-8-3-7(11-5-12-8)13-4-6(10)2-9(13)14/h3,5-6H,2,4,10H2,1H3. The number of amides is 1. The maximum absolute atomic E-state index is 11.5. The van der Waals surface area contributed by atoms with Gasteiger partial charge in [-0.3, -0.25) is 9.69 Å². The molecule has 1 atom stereocenters. The normalized spacial score (nSPS) is 20.8. The van der Waals surface area contributed by atoms with Crippen LogP contribution < -0.4 is 15.4 Å². The summed E-state index contributed by atoms with van der Waals surface area (Å²) in [4.78, 5) is 21.0. The summed E-state index contributed by atoms with van der Waals surface area (Å²) in [5.74, 6) is 0.969. The summed E-state index contributed by atoms with van der Waals surface area (Å²) < 4.78 is 4.96. The molecule has 1 aliphatic rings. The number of nitrogens with two attached hydrogens (primary N) is 1. The van der Waals surface area contributed by atoms with Crippen molar-refractivity contribution in [1.29, 1.82) is 0 Å². The predicted molar refractivity (Wildman–Crippen MR) is 53.5 cm³/mol. The van der Waals surface area contributed by atoms with Gasteiger partial charge >= 0.3 is 0 Å². The molecular formula is C9H12N4O2. The van der Waals surface area contributed by atoms with Crippen LogP contribution in [0.15, 0.2) is 12.4 Å². The Hall–Kier alpha value is -1.69. The summed E-state index contributed by atoms with van der Waals surface area (Å²) in [6.45, 7) is 0.499. The van der Waals surface area contributed by atoms with Gasteiger partial charge in [-0.1, -0.05) is 0 Å². The van der Waals surface area contributed by atoms with Gasteiger partial charge in [0.05, 0.1) is 7.11 Å². The Balaban J connectivity index is 2.25. The van der Waals surface area contributed by atoms with E-state index in [1.165, 1.54) is 13.4 Å². The molecular weight excluding hydrogens is 196 g/mol. The van der Waals surface area contributed by atoms with E-state index in [1.54, 1.807) is 11.0 Å². The molecule has 0 aromatic carbocycles. The van der Waals surface area contributed by atoms with Crippen LogP contribution in [0.5, 0.6) is 5.88 Å². The molecule has 2 N–H and O–H groups in total. The minimum Gasteiger partial charge on any atom is -0.481 e. The van der Waals surface area contributed by atoms with E-state index in [-0.39, 0.29) is 11.9 Å². The lowest BCUT2D eigenvalue weighted by atomic mass is 10.3. The fraction of sp³-hybridized carbons (Fsp3) is 0.444. The van der Waals surface area contributed by atoms with Crippen LogP contribution in [-0.4, -0.2) is 35.6 Å². The van der Waals surface area contributed by atoms with Gasteiger partial charge in [-0.2, -0.15) is 0 Å². The third kappa shape index (κ3) is 1.89. The van der Waals surface area contributed by atoms with Crippen LogP contribution in [0.25, 0.3) is 0 Å². The fourth-order valence-electron chi connectivity index (χ4n) is 1.55.